The predicted octanol–water partition coefficient (Wildman–Crippen LogP) is -1.34. The molecule has 1 aromatic rings. The Labute approximate surface area is 129 Å². The molecule has 1 fully saturated rings. The first-order valence-corrected chi connectivity index (χ1v) is 8.20. The Morgan fingerprint density at radius 3 is 2.78 bits per heavy atom. The summed E-state index contributed by atoms with van der Waals surface area (Å²) in [5.74, 6) is -1.63. The number of hydrogen-bond donors (Lipinski definition) is 4. The average molecular weight is 352 g/mol. The Bertz CT molecular complexity index is 710. The lowest BCUT2D eigenvalue weighted by atomic mass is 10.1. The minimum atomic E-state index is -4.77. The number of hydrogen-bond acceptors (Lipinski definition) is 7. The highest BCUT2D eigenvalue weighted by molar-refractivity contribution is 7.46. The van der Waals surface area contributed by atoms with Crippen molar-refractivity contribution in [3.63, 3.8) is 0 Å². The van der Waals surface area contributed by atoms with Crippen molar-refractivity contribution in [1.29, 1.82) is 0 Å². The molecule has 3 atom stereocenters. The number of aromatic nitrogens is 2. The van der Waals surface area contributed by atoms with E-state index < -0.39 is 43.8 Å². The fourth-order valence-corrected chi connectivity index (χ4v) is 2.67. The minimum Gasteiger partial charge on any atom is -0.388 e. The molecule has 130 valence electrons. The highest BCUT2D eigenvalue weighted by atomic mass is 31.2. The maximum atomic E-state index is 11.8. The molecule has 0 spiro atoms. The Kier molecular flexibility index (Phi) is 5.21. The molecule has 0 radical (unpaired) electrons. The molecule has 0 aromatic carbocycles. The Morgan fingerprint density at radius 2 is 2.22 bits per heavy atom. The number of nitrogens with zero attached hydrogens (tertiary/aromatic N) is 1. The summed E-state index contributed by atoms with van der Waals surface area (Å²) in [6, 6.07) is 1.07. The van der Waals surface area contributed by atoms with Crippen molar-refractivity contribution in [2.45, 2.75) is 31.5 Å². The molecule has 23 heavy (non-hydrogen) atoms. The molecule has 12 heteroatoms. The summed E-state index contributed by atoms with van der Waals surface area (Å²) in [5, 5.41) is 10.1. The van der Waals surface area contributed by atoms with Crippen molar-refractivity contribution in [2.75, 3.05) is 13.2 Å². The first-order valence-electron chi connectivity index (χ1n) is 6.67. The molecule has 2 heterocycles. The van der Waals surface area contributed by atoms with Gasteiger partial charge >= 0.3 is 13.5 Å². The first-order chi connectivity index (χ1) is 10.7. The number of aliphatic hydroxyl groups excluding tert-OH is 1. The van der Waals surface area contributed by atoms with Crippen LogP contribution in [0.4, 0.5) is 0 Å². The van der Waals surface area contributed by atoms with Gasteiger partial charge in [-0.15, -0.1) is 0 Å². The van der Waals surface area contributed by atoms with Crippen molar-refractivity contribution in [3.05, 3.63) is 33.1 Å². The number of nitrogens with one attached hydrogen (secondary N) is 1. The van der Waals surface area contributed by atoms with Gasteiger partial charge < -0.3 is 24.4 Å². The van der Waals surface area contributed by atoms with Gasteiger partial charge in [0.05, 0.1) is 0 Å². The van der Waals surface area contributed by atoms with Gasteiger partial charge in [0.1, 0.15) is 12.7 Å². The van der Waals surface area contributed by atoms with Crippen molar-refractivity contribution >= 4 is 7.82 Å². The molecule has 1 aliphatic heterocycles. The number of rotatable bonds is 6. The van der Waals surface area contributed by atoms with E-state index in [9.17, 15) is 19.3 Å². The SMILES string of the molecule is CCOC1(COP(=O)(O)O)CC(O)C(n2ccc(=O)[nH]c2=O)O1. The third kappa shape index (κ3) is 4.36. The summed E-state index contributed by atoms with van der Waals surface area (Å²) >= 11 is 0. The third-order valence-corrected chi connectivity index (χ3v) is 3.64. The second-order valence-electron chi connectivity index (χ2n) is 4.91. The first kappa shape index (κ1) is 18.0. The van der Waals surface area contributed by atoms with E-state index in [-0.39, 0.29) is 13.0 Å². The van der Waals surface area contributed by atoms with Crippen LogP contribution in [-0.4, -0.2) is 49.5 Å². The van der Waals surface area contributed by atoms with Crippen LogP contribution in [0.1, 0.15) is 19.6 Å². The lowest BCUT2D eigenvalue weighted by Gasteiger charge is -2.28. The molecule has 1 aliphatic rings. The normalized spacial score (nSPS) is 28.2. The highest BCUT2D eigenvalue weighted by Crippen LogP contribution is 2.42. The molecule has 11 nitrogen and oxygen atoms in total. The number of phosphoric ester groups is 1. The van der Waals surface area contributed by atoms with E-state index in [1.807, 2.05) is 4.98 Å². The molecule has 0 saturated carbocycles. The van der Waals surface area contributed by atoms with Crippen LogP contribution in [0, 0.1) is 0 Å². The lowest BCUT2D eigenvalue weighted by Crippen LogP contribution is -2.39. The second kappa shape index (κ2) is 6.65. The van der Waals surface area contributed by atoms with Crippen molar-refractivity contribution in [2.24, 2.45) is 0 Å². The summed E-state index contributed by atoms with van der Waals surface area (Å²) in [4.78, 5) is 42.5. The van der Waals surface area contributed by atoms with Gasteiger partial charge in [-0.25, -0.2) is 9.36 Å². The molecule has 1 saturated heterocycles. The zero-order chi connectivity index (χ0) is 17.3. The third-order valence-electron chi connectivity index (χ3n) is 3.17. The van der Waals surface area contributed by atoms with Crippen LogP contribution in [-0.2, 0) is 18.6 Å². The fraction of sp³-hybridized carbons (Fsp3) is 0.636. The van der Waals surface area contributed by atoms with E-state index in [4.69, 9.17) is 19.3 Å². The van der Waals surface area contributed by atoms with E-state index in [0.717, 1.165) is 16.8 Å². The molecular formula is C11H17N2O9P. The molecular weight excluding hydrogens is 335 g/mol. The van der Waals surface area contributed by atoms with Crippen LogP contribution in [0.3, 0.4) is 0 Å². The quantitative estimate of drug-likeness (QED) is 0.454. The highest BCUT2D eigenvalue weighted by Gasteiger charge is 2.49. The van der Waals surface area contributed by atoms with Crippen LogP contribution >= 0.6 is 7.82 Å². The fourth-order valence-electron chi connectivity index (χ4n) is 2.31. The van der Waals surface area contributed by atoms with Gasteiger partial charge in [0.15, 0.2) is 12.0 Å². The largest absolute Gasteiger partial charge is 0.469 e. The average Bonchev–Trinajstić information content (AvgIpc) is 2.74. The molecule has 3 unspecified atom stereocenters. The number of phosphoric acid groups is 1. The number of aliphatic hydroxyl groups is 1. The molecule has 4 N–H and O–H groups in total. The predicted molar refractivity (Wildman–Crippen MR) is 74.4 cm³/mol. The summed E-state index contributed by atoms with van der Waals surface area (Å²) in [6.45, 7) is 1.09. The number of H-pyrrole nitrogens is 1. The zero-order valence-electron chi connectivity index (χ0n) is 12.1. The van der Waals surface area contributed by atoms with Gasteiger partial charge in [-0.1, -0.05) is 0 Å². The smallest absolute Gasteiger partial charge is 0.388 e. The Hall–Kier alpha value is -1.33. The van der Waals surface area contributed by atoms with Gasteiger partial charge in [-0.05, 0) is 6.92 Å². The van der Waals surface area contributed by atoms with Gasteiger partial charge in [0, 0.05) is 25.3 Å². The summed E-state index contributed by atoms with van der Waals surface area (Å²) < 4.78 is 27.1. The van der Waals surface area contributed by atoms with Crippen molar-refractivity contribution in [1.82, 2.24) is 9.55 Å². The molecule has 0 amide bonds. The summed E-state index contributed by atoms with van der Waals surface area (Å²) in [6.07, 6.45) is -1.46. The van der Waals surface area contributed by atoms with Gasteiger partial charge in [-0.3, -0.25) is 18.9 Å². The molecule has 0 bridgehead atoms. The van der Waals surface area contributed by atoms with E-state index in [0.29, 0.717) is 0 Å². The van der Waals surface area contributed by atoms with Gasteiger partial charge in [0.25, 0.3) is 5.56 Å². The number of aromatic amines is 1. The number of ether oxygens (including phenoxy) is 2. The summed E-state index contributed by atoms with van der Waals surface area (Å²) in [5.41, 5.74) is -1.41. The van der Waals surface area contributed by atoms with Gasteiger partial charge in [0.2, 0.25) is 0 Å². The molecule has 2 rings (SSSR count). The maximum absolute atomic E-state index is 11.8. The summed E-state index contributed by atoms with van der Waals surface area (Å²) in [7, 11) is -4.77. The second-order valence-corrected chi connectivity index (χ2v) is 6.14. The van der Waals surface area contributed by atoms with Crippen molar-refractivity contribution in [3.8, 4) is 0 Å². The van der Waals surface area contributed by atoms with Crippen LogP contribution in [0.15, 0.2) is 21.9 Å². The Balaban J connectivity index is 2.26. The lowest BCUT2D eigenvalue weighted by molar-refractivity contribution is -0.252. The van der Waals surface area contributed by atoms with E-state index in [2.05, 4.69) is 4.52 Å². The monoisotopic (exact) mass is 352 g/mol. The van der Waals surface area contributed by atoms with Gasteiger partial charge in [-0.2, -0.15) is 0 Å². The minimum absolute atomic E-state index is 0.116. The van der Waals surface area contributed by atoms with E-state index in [1.165, 1.54) is 0 Å². The topological polar surface area (TPSA) is 160 Å². The standard InChI is InChI=1S/C11H17N2O9P/c1-2-20-11(6-21-23(17,18)19)5-7(14)9(22-11)13-4-3-8(15)12-10(13)16/h3-4,7,9,14H,2,5-6H2,1H3,(H,12,15,16)(H2,17,18,19). The maximum Gasteiger partial charge on any atom is 0.469 e. The van der Waals surface area contributed by atoms with Crippen LogP contribution in [0.25, 0.3) is 0 Å². The molecule has 0 aliphatic carbocycles. The van der Waals surface area contributed by atoms with Crippen molar-refractivity contribution < 1.29 is 33.5 Å². The van der Waals surface area contributed by atoms with Crippen LogP contribution in [0.2, 0.25) is 0 Å². The van der Waals surface area contributed by atoms with Crippen LogP contribution < -0.4 is 11.2 Å². The Morgan fingerprint density at radius 1 is 1.52 bits per heavy atom. The van der Waals surface area contributed by atoms with Crippen LogP contribution in [0.5, 0.6) is 0 Å². The zero-order valence-corrected chi connectivity index (χ0v) is 13.0. The molecule has 1 aromatic heterocycles. The van der Waals surface area contributed by atoms with E-state index in [1.54, 1.807) is 6.92 Å². The van der Waals surface area contributed by atoms with E-state index >= 15 is 0 Å².